The Balaban J connectivity index is 2.12. The van der Waals surface area contributed by atoms with Crippen LogP contribution < -0.4 is 16.6 Å². The number of hydrogen-bond acceptors (Lipinski definition) is 7. The number of aromatic nitrogens is 2. The molecule has 0 bridgehead atoms. The summed E-state index contributed by atoms with van der Waals surface area (Å²) >= 11 is 1.41. The Morgan fingerprint density at radius 3 is 2.62 bits per heavy atom. The number of hydrazine groups is 1. The van der Waals surface area contributed by atoms with Crippen molar-refractivity contribution in [2.45, 2.75) is 12.3 Å². The Bertz CT molecular complexity index is 590. The minimum absolute atomic E-state index is 0.00898. The van der Waals surface area contributed by atoms with Gasteiger partial charge in [0.1, 0.15) is 11.6 Å². The Hall–Kier alpha value is -1.91. The van der Waals surface area contributed by atoms with Crippen molar-refractivity contribution in [1.82, 2.24) is 9.97 Å². The normalized spacial score (nSPS) is 13.0. The van der Waals surface area contributed by atoms with E-state index in [0.29, 0.717) is 5.56 Å². The maximum atomic E-state index is 12.6. The van der Waals surface area contributed by atoms with E-state index < -0.39 is 18.1 Å². The molecule has 0 saturated carbocycles. The van der Waals surface area contributed by atoms with Crippen molar-refractivity contribution >= 4 is 23.0 Å². The Kier molecular flexibility index (Phi) is 4.60. The average molecular weight is 319 g/mol. The van der Waals surface area contributed by atoms with Gasteiger partial charge in [-0.3, -0.25) is 0 Å². The molecule has 5 N–H and O–H groups in total. The van der Waals surface area contributed by atoms with Gasteiger partial charge in [0.05, 0.1) is 6.10 Å². The zero-order valence-electron chi connectivity index (χ0n) is 10.6. The molecule has 114 valence electrons. The zero-order chi connectivity index (χ0) is 15.5. The summed E-state index contributed by atoms with van der Waals surface area (Å²) in [5.41, 5.74) is 2.72. The molecule has 0 fully saturated rings. The molecule has 6 nitrogen and oxygen atoms in total. The number of anilines is 2. The first-order chi connectivity index (χ1) is 9.90. The molecule has 0 aromatic carbocycles. The fourth-order valence-electron chi connectivity index (χ4n) is 1.52. The van der Waals surface area contributed by atoms with E-state index in [1.165, 1.54) is 17.4 Å². The summed E-state index contributed by atoms with van der Waals surface area (Å²) in [6.07, 6.45) is -5.54. The molecule has 0 aliphatic carbocycles. The fourth-order valence-corrected chi connectivity index (χ4v) is 2.23. The molecule has 0 spiro atoms. The number of nitrogens with one attached hydrogen (secondary N) is 2. The highest BCUT2D eigenvalue weighted by molar-refractivity contribution is 7.07. The number of hydrogen-bond donors (Lipinski definition) is 4. The van der Waals surface area contributed by atoms with Crippen LogP contribution in [0.2, 0.25) is 0 Å². The van der Waals surface area contributed by atoms with E-state index in [4.69, 9.17) is 5.84 Å². The van der Waals surface area contributed by atoms with Gasteiger partial charge in [-0.05, 0) is 22.4 Å². The number of rotatable bonds is 5. The molecule has 0 aliphatic rings. The molecule has 2 rings (SSSR count). The minimum Gasteiger partial charge on any atom is -0.387 e. The SMILES string of the molecule is NNc1cc(NCC(O)c2ccsc2)nc(C(F)(F)F)n1. The monoisotopic (exact) mass is 319 g/mol. The van der Waals surface area contributed by atoms with E-state index in [2.05, 4.69) is 15.3 Å². The van der Waals surface area contributed by atoms with Crippen LogP contribution in [0.5, 0.6) is 0 Å². The first kappa shape index (κ1) is 15.5. The van der Waals surface area contributed by atoms with Crippen LogP contribution in [0.4, 0.5) is 24.8 Å². The molecule has 10 heteroatoms. The number of aliphatic hydroxyl groups excluding tert-OH is 1. The molecule has 21 heavy (non-hydrogen) atoms. The summed E-state index contributed by atoms with van der Waals surface area (Å²) in [5, 5.41) is 16.0. The topological polar surface area (TPSA) is 96.1 Å². The van der Waals surface area contributed by atoms with Crippen molar-refractivity contribution in [2.24, 2.45) is 5.84 Å². The summed E-state index contributed by atoms with van der Waals surface area (Å²) in [7, 11) is 0. The second kappa shape index (κ2) is 6.24. The zero-order valence-corrected chi connectivity index (χ0v) is 11.4. The van der Waals surface area contributed by atoms with Crippen molar-refractivity contribution in [2.75, 3.05) is 17.3 Å². The van der Waals surface area contributed by atoms with E-state index in [1.54, 1.807) is 16.8 Å². The van der Waals surface area contributed by atoms with Crippen molar-refractivity contribution in [3.63, 3.8) is 0 Å². The number of nitrogens with two attached hydrogens (primary N) is 1. The molecule has 2 heterocycles. The lowest BCUT2D eigenvalue weighted by Crippen LogP contribution is -2.19. The smallest absolute Gasteiger partial charge is 0.387 e. The molecule has 0 saturated heterocycles. The summed E-state index contributed by atoms with van der Waals surface area (Å²) in [6.45, 7) is 0.00898. The van der Waals surface area contributed by atoms with Gasteiger partial charge in [-0.1, -0.05) is 0 Å². The van der Waals surface area contributed by atoms with Gasteiger partial charge in [0.2, 0.25) is 5.82 Å². The minimum atomic E-state index is -4.69. The average Bonchev–Trinajstić information content (AvgIpc) is 2.97. The maximum absolute atomic E-state index is 12.6. The summed E-state index contributed by atoms with van der Waals surface area (Å²) < 4.78 is 37.9. The molecule has 1 atom stereocenters. The van der Waals surface area contributed by atoms with Gasteiger partial charge < -0.3 is 15.8 Å². The van der Waals surface area contributed by atoms with Crippen LogP contribution in [-0.4, -0.2) is 21.6 Å². The Morgan fingerprint density at radius 2 is 2.05 bits per heavy atom. The molecule has 0 aliphatic heterocycles. The van der Waals surface area contributed by atoms with Crippen molar-refractivity contribution in [3.05, 3.63) is 34.3 Å². The number of halogens is 3. The highest BCUT2D eigenvalue weighted by Gasteiger charge is 2.35. The molecule has 1 unspecified atom stereocenters. The molecular weight excluding hydrogens is 307 g/mol. The van der Waals surface area contributed by atoms with Crippen LogP contribution in [0.15, 0.2) is 22.9 Å². The number of thiophene rings is 1. The van der Waals surface area contributed by atoms with Crippen LogP contribution >= 0.6 is 11.3 Å². The van der Waals surface area contributed by atoms with E-state index in [0.717, 1.165) is 0 Å². The third-order valence-corrected chi connectivity index (χ3v) is 3.23. The summed E-state index contributed by atoms with van der Waals surface area (Å²) in [5.74, 6) is 3.51. The van der Waals surface area contributed by atoms with E-state index in [-0.39, 0.29) is 18.2 Å². The Labute approximate surface area is 121 Å². The second-order valence-corrected chi connectivity index (χ2v) is 4.84. The highest BCUT2D eigenvalue weighted by Crippen LogP contribution is 2.28. The number of nitrogens with zero attached hydrogens (tertiary/aromatic N) is 2. The molecule has 2 aromatic heterocycles. The van der Waals surface area contributed by atoms with Crippen molar-refractivity contribution in [1.29, 1.82) is 0 Å². The fraction of sp³-hybridized carbons (Fsp3) is 0.273. The van der Waals surface area contributed by atoms with E-state index in [1.807, 2.05) is 5.43 Å². The molecule has 2 aromatic rings. The van der Waals surface area contributed by atoms with Crippen LogP contribution in [0.3, 0.4) is 0 Å². The molecule has 0 radical (unpaired) electrons. The largest absolute Gasteiger partial charge is 0.451 e. The predicted molar refractivity (Wildman–Crippen MR) is 72.6 cm³/mol. The van der Waals surface area contributed by atoms with Gasteiger partial charge in [0.15, 0.2) is 0 Å². The Morgan fingerprint density at radius 1 is 1.33 bits per heavy atom. The second-order valence-electron chi connectivity index (χ2n) is 4.06. The third kappa shape index (κ3) is 4.03. The van der Waals surface area contributed by atoms with E-state index in [9.17, 15) is 18.3 Å². The lowest BCUT2D eigenvalue weighted by Gasteiger charge is -2.13. The summed E-state index contributed by atoms with van der Waals surface area (Å²) in [4.78, 5) is 6.58. The van der Waals surface area contributed by atoms with Gasteiger partial charge in [0, 0.05) is 12.6 Å². The first-order valence-electron chi connectivity index (χ1n) is 5.77. The van der Waals surface area contributed by atoms with Gasteiger partial charge >= 0.3 is 6.18 Å². The lowest BCUT2D eigenvalue weighted by molar-refractivity contribution is -0.144. The standard InChI is InChI=1S/C11H12F3N5OS/c12-11(13,14)10-17-8(3-9(18-10)19-15)16-4-7(20)6-1-2-21-5-6/h1-3,5,7,20H,4,15H2,(H2,16,17,18,19). The lowest BCUT2D eigenvalue weighted by atomic mass is 10.2. The van der Waals surface area contributed by atoms with Gasteiger partial charge in [-0.15, -0.1) is 0 Å². The van der Waals surface area contributed by atoms with Gasteiger partial charge in [0.25, 0.3) is 0 Å². The first-order valence-corrected chi connectivity index (χ1v) is 6.71. The van der Waals surface area contributed by atoms with Gasteiger partial charge in [-0.25, -0.2) is 15.8 Å². The van der Waals surface area contributed by atoms with Crippen LogP contribution in [0, 0.1) is 0 Å². The molecular formula is C11H12F3N5OS. The van der Waals surface area contributed by atoms with Crippen LogP contribution in [-0.2, 0) is 6.18 Å². The number of aliphatic hydroxyl groups is 1. The quantitative estimate of drug-likeness (QED) is 0.497. The summed E-state index contributed by atoms with van der Waals surface area (Å²) in [6, 6.07) is 2.95. The third-order valence-electron chi connectivity index (χ3n) is 2.53. The van der Waals surface area contributed by atoms with Crippen LogP contribution in [0.1, 0.15) is 17.5 Å². The highest BCUT2D eigenvalue weighted by atomic mass is 32.1. The maximum Gasteiger partial charge on any atom is 0.451 e. The van der Waals surface area contributed by atoms with Gasteiger partial charge in [-0.2, -0.15) is 24.5 Å². The van der Waals surface area contributed by atoms with Crippen LogP contribution in [0.25, 0.3) is 0 Å². The van der Waals surface area contributed by atoms with Crippen molar-refractivity contribution in [3.8, 4) is 0 Å². The predicted octanol–water partition coefficient (Wildman–Crippen LogP) is 1.99. The van der Waals surface area contributed by atoms with Crippen molar-refractivity contribution < 1.29 is 18.3 Å². The van der Waals surface area contributed by atoms with E-state index >= 15 is 0 Å². The number of nitrogen functional groups attached to an aromatic ring is 1. The molecule has 0 amide bonds. The number of alkyl halides is 3.